The van der Waals surface area contributed by atoms with Crippen molar-refractivity contribution in [1.82, 2.24) is 14.4 Å². The summed E-state index contributed by atoms with van der Waals surface area (Å²) in [6, 6.07) is 10.3. The van der Waals surface area contributed by atoms with E-state index in [0.29, 0.717) is 18.0 Å². The molecule has 0 unspecified atom stereocenters. The average Bonchev–Trinajstić information content (AvgIpc) is 3.09. The van der Waals surface area contributed by atoms with Crippen LogP contribution in [0.25, 0.3) is 11.8 Å². The van der Waals surface area contributed by atoms with Gasteiger partial charge in [-0.25, -0.2) is 0 Å². The first-order valence-corrected chi connectivity index (χ1v) is 12.6. The van der Waals surface area contributed by atoms with Crippen LogP contribution in [0.3, 0.4) is 0 Å². The number of carbonyl (C=O) groups is 3. The van der Waals surface area contributed by atoms with E-state index in [0.717, 1.165) is 70.7 Å². The Kier molecular flexibility index (Phi) is 7.16. The van der Waals surface area contributed by atoms with Crippen molar-refractivity contribution in [2.45, 2.75) is 39.5 Å². The van der Waals surface area contributed by atoms with Gasteiger partial charge in [-0.05, 0) is 80.4 Å². The van der Waals surface area contributed by atoms with Gasteiger partial charge in [-0.1, -0.05) is 12.8 Å². The Hall–Kier alpha value is -3.00. The number of imide groups is 1. The second kappa shape index (κ2) is 10.1. The minimum atomic E-state index is -0.390. The first kappa shape index (κ1) is 24.1. The van der Waals surface area contributed by atoms with Gasteiger partial charge in [0.1, 0.15) is 6.54 Å². The second-order valence-corrected chi connectivity index (χ2v) is 10.1. The maximum Gasteiger partial charge on any atom is 0.294 e. The fourth-order valence-electron chi connectivity index (χ4n) is 4.56. The lowest BCUT2D eigenvalue weighted by molar-refractivity contribution is -0.135. The van der Waals surface area contributed by atoms with Gasteiger partial charge in [0.05, 0.1) is 4.91 Å². The van der Waals surface area contributed by atoms with Gasteiger partial charge in [0.25, 0.3) is 11.1 Å². The normalized spacial score (nSPS) is 18.1. The molecule has 0 spiro atoms. The van der Waals surface area contributed by atoms with Crippen LogP contribution in [0, 0.1) is 13.8 Å². The minimum absolute atomic E-state index is 0.148. The van der Waals surface area contributed by atoms with Crippen molar-refractivity contribution < 1.29 is 14.4 Å². The van der Waals surface area contributed by atoms with Crippen molar-refractivity contribution in [2.24, 2.45) is 0 Å². The summed E-state index contributed by atoms with van der Waals surface area (Å²) in [5.74, 6) is -0.539. The minimum Gasteiger partial charge on any atom is -0.378 e. The standard InChI is InChI=1S/C26H32N4O3S/c1-18-15-20(19(2)30(18)22-11-9-21(10-12-22)27(3)4)16-23-25(32)29(26(33)34-23)17-24(31)28-13-7-5-6-8-14-28/h9-12,15-16H,5-8,13-14,17H2,1-4H3. The van der Waals surface area contributed by atoms with Crippen LogP contribution in [-0.2, 0) is 9.59 Å². The van der Waals surface area contributed by atoms with Gasteiger partial charge in [0.2, 0.25) is 5.91 Å². The van der Waals surface area contributed by atoms with E-state index in [1.54, 1.807) is 11.0 Å². The maximum atomic E-state index is 13.0. The zero-order valence-corrected chi connectivity index (χ0v) is 21.2. The van der Waals surface area contributed by atoms with Crippen LogP contribution in [0.1, 0.15) is 42.6 Å². The summed E-state index contributed by atoms with van der Waals surface area (Å²) in [6.45, 7) is 5.25. The van der Waals surface area contributed by atoms with Crippen LogP contribution in [0.5, 0.6) is 0 Å². The first-order valence-electron chi connectivity index (χ1n) is 11.8. The molecule has 3 heterocycles. The van der Waals surface area contributed by atoms with Gasteiger partial charge >= 0.3 is 0 Å². The average molecular weight is 481 g/mol. The van der Waals surface area contributed by atoms with E-state index >= 15 is 0 Å². The topological polar surface area (TPSA) is 65.9 Å². The molecule has 2 aliphatic rings. The Balaban J connectivity index is 1.53. The number of rotatable bonds is 5. The largest absolute Gasteiger partial charge is 0.378 e. The van der Waals surface area contributed by atoms with Crippen molar-refractivity contribution >= 4 is 40.6 Å². The molecular formula is C26H32N4O3S. The highest BCUT2D eigenvalue weighted by Gasteiger charge is 2.37. The number of benzene rings is 1. The molecule has 34 heavy (non-hydrogen) atoms. The quantitative estimate of drug-likeness (QED) is 0.585. The lowest BCUT2D eigenvalue weighted by Gasteiger charge is -2.22. The predicted octanol–water partition coefficient (Wildman–Crippen LogP) is 4.60. The van der Waals surface area contributed by atoms with Gasteiger partial charge in [-0.2, -0.15) is 0 Å². The van der Waals surface area contributed by atoms with Gasteiger partial charge in [-0.3, -0.25) is 19.3 Å². The SMILES string of the molecule is Cc1cc(C=C2SC(=O)N(CC(=O)N3CCCCCC3)C2=O)c(C)n1-c1ccc(N(C)C)cc1. The van der Waals surface area contributed by atoms with E-state index in [1.165, 1.54) is 0 Å². The molecular weight excluding hydrogens is 448 g/mol. The highest BCUT2D eigenvalue weighted by atomic mass is 32.2. The third-order valence-electron chi connectivity index (χ3n) is 6.51. The van der Waals surface area contributed by atoms with Crippen LogP contribution < -0.4 is 4.90 Å². The molecule has 180 valence electrons. The molecule has 0 N–H and O–H groups in total. The lowest BCUT2D eigenvalue weighted by Crippen LogP contribution is -2.42. The smallest absolute Gasteiger partial charge is 0.294 e. The van der Waals surface area contributed by atoms with E-state index in [1.807, 2.05) is 34.0 Å². The molecule has 2 aromatic rings. The van der Waals surface area contributed by atoms with Gasteiger partial charge in [0, 0.05) is 49.9 Å². The highest BCUT2D eigenvalue weighted by molar-refractivity contribution is 8.18. The van der Waals surface area contributed by atoms with Crippen molar-refractivity contribution in [1.29, 1.82) is 0 Å². The zero-order chi connectivity index (χ0) is 24.4. The maximum absolute atomic E-state index is 13.0. The fourth-order valence-corrected chi connectivity index (χ4v) is 5.39. The Bertz CT molecular complexity index is 1130. The molecule has 0 saturated carbocycles. The van der Waals surface area contributed by atoms with Gasteiger partial charge in [0.15, 0.2) is 0 Å². The van der Waals surface area contributed by atoms with E-state index in [2.05, 4.69) is 33.7 Å². The van der Waals surface area contributed by atoms with Crippen molar-refractivity contribution in [3.63, 3.8) is 0 Å². The van der Waals surface area contributed by atoms with E-state index in [4.69, 9.17) is 0 Å². The van der Waals surface area contributed by atoms with Crippen LogP contribution in [0.15, 0.2) is 35.2 Å². The number of amides is 3. The molecule has 2 fully saturated rings. The van der Waals surface area contributed by atoms with Crippen molar-refractivity contribution in [3.05, 3.63) is 52.2 Å². The summed E-state index contributed by atoms with van der Waals surface area (Å²) < 4.78 is 2.14. The first-order chi connectivity index (χ1) is 16.3. The molecule has 0 bridgehead atoms. The summed E-state index contributed by atoms with van der Waals surface area (Å²) in [5, 5.41) is -0.382. The summed E-state index contributed by atoms with van der Waals surface area (Å²) >= 11 is 0.907. The van der Waals surface area contributed by atoms with Crippen LogP contribution in [0.2, 0.25) is 0 Å². The Morgan fingerprint density at radius 1 is 1.03 bits per heavy atom. The molecule has 0 aliphatic carbocycles. The molecule has 2 aliphatic heterocycles. The van der Waals surface area contributed by atoms with E-state index in [-0.39, 0.29) is 17.7 Å². The van der Waals surface area contributed by atoms with E-state index in [9.17, 15) is 14.4 Å². The molecule has 7 nitrogen and oxygen atoms in total. The number of aromatic nitrogens is 1. The Labute approximate surface area is 205 Å². The molecule has 4 rings (SSSR count). The summed E-state index contributed by atoms with van der Waals surface area (Å²) in [5.41, 5.74) is 5.07. The molecule has 8 heteroatoms. The number of nitrogens with zero attached hydrogens (tertiary/aromatic N) is 4. The molecule has 2 saturated heterocycles. The third-order valence-corrected chi connectivity index (χ3v) is 7.41. The Morgan fingerprint density at radius 3 is 2.29 bits per heavy atom. The zero-order valence-electron chi connectivity index (χ0n) is 20.3. The number of thioether (sulfide) groups is 1. The van der Waals surface area contributed by atoms with Crippen LogP contribution in [0.4, 0.5) is 10.5 Å². The Morgan fingerprint density at radius 2 is 1.68 bits per heavy atom. The highest BCUT2D eigenvalue weighted by Crippen LogP contribution is 2.34. The van der Waals surface area contributed by atoms with Gasteiger partial charge in [-0.15, -0.1) is 0 Å². The number of aryl methyl sites for hydroxylation is 1. The molecule has 3 amide bonds. The lowest BCUT2D eigenvalue weighted by atomic mass is 10.2. The van der Waals surface area contributed by atoms with Crippen molar-refractivity contribution in [3.8, 4) is 5.69 Å². The van der Waals surface area contributed by atoms with Crippen LogP contribution in [-0.4, -0.2) is 65.2 Å². The summed E-state index contributed by atoms with van der Waals surface area (Å²) in [7, 11) is 4.02. The third kappa shape index (κ3) is 4.92. The van der Waals surface area contributed by atoms with E-state index < -0.39 is 5.91 Å². The predicted molar refractivity (Wildman–Crippen MR) is 137 cm³/mol. The van der Waals surface area contributed by atoms with Crippen molar-refractivity contribution in [2.75, 3.05) is 38.6 Å². The fraction of sp³-hybridized carbons (Fsp3) is 0.423. The molecule has 0 radical (unpaired) electrons. The monoisotopic (exact) mass is 480 g/mol. The van der Waals surface area contributed by atoms with Crippen LogP contribution >= 0.6 is 11.8 Å². The number of hydrogen-bond donors (Lipinski definition) is 0. The number of carbonyl (C=O) groups excluding carboxylic acids is 3. The van der Waals surface area contributed by atoms with Gasteiger partial charge < -0.3 is 14.4 Å². The molecule has 1 aromatic carbocycles. The number of likely N-dealkylation sites (tertiary alicyclic amines) is 1. The molecule has 0 atom stereocenters. The summed E-state index contributed by atoms with van der Waals surface area (Å²) in [6.07, 6.45) is 5.95. The summed E-state index contributed by atoms with van der Waals surface area (Å²) in [4.78, 5) is 43.6. The second-order valence-electron chi connectivity index (χ2n) is 9.14. The number of hydrogen-bond acceptors (Lipinski definition) is 5. The number of anilines is 1. The molecule has 1 aromatic heterocycles.